The highest BCUT2D eigenvalue weighted by molar-refractivity contribution is 5.90. The highest BCUT2D eigenvalue weighted by Crippen LogP contribution is 2.11. The van der Waals surface area contributed by atoms with E-state index in [2.05, 4.69) is 0 Å². The Hall–Kier alpha value is -1.32. The van der Waals surface area contributed by atoms with Crippen molar-refractivity contribution < 1.29 is 14.3 Å². The number of carbonyl (C=O) groups is 2. The Bertz CT molecular complexity index is 289. The number of ether oxygens (including phenoxy) is 1. The van der Waals surface area contributed by atoms with Gasteiger partial charge in [0.05, 0.1) is 0 Å². The number of hydrogen-bond donors (Lipinski definition) is 0. The highest BCUT2D eigenvalue weighted by atomic mass is 16.6. The van der Waals surface area contributed by atoms with Gasteiger partial charge in [-0.25, -0.2) is 4.79 Å². The summed E-state index contributed by atoms with van der Waals surface area (Å²) in [5, 5.41) is 0. The van der Waals surface area contributed by atoms with Crippen LogP contribution in [0.5, 0.6) is 0 Å². The van der Waals surface area contributed by atoms with E-state index in [1.165, 1.54) is 11.0 Å². The number of carbonyl (C=O) groups excluding carboxylic acids is 2. The van der Waals surface area contributed by atoms with Gasteiger partial charge < -0.3 is 9.64 Å². The number of rotatable bonds is 0. The first-order chi connectivity index (χ1) is 6.88. The summed E-state index contributed by atoms with van der Waals surface area (Å²) < 4.78 is 5.21. The van der Waals surface area contributed by atoms with Crippen LogP contribution >= 0.6 is 0 Å². The summed E-state index contributed by atoms with van der Waals surface area (Å²) in [6, 6.07) is 0. The van der Waals surface area contributed by atoms with Gasteiger partial charge in [0.25, 0.3) is 0 Å². The molecule has 0 radical (unpaired) electrons. The lowest BCUT2D eigenvalue weighted by molar-refractivity contribution is -0.114. The zero-order valence-electron chi connectivity index (χ0n) is 9.45. The smallest absolute Gasteiger partial charge is 0.410 e. The van der Waals surface area contributed by atoms with Gasteiger partial charge in [0.1, 0.15) is 5.60 Å². The predicted octanol–water partition coefficient (Wildman–Crippen LogP) is 1.75. The summed E-state index contributed by atoms with van der Waals surface area (Å²) in [5.41, 5.74) is -0.489. The average Bonchev–Trinajstić information content (AvgIpc) is 2.26. The van der Waals surface area contributed by atoms with Crippen LogP contribution in [0.3, 0.4) is 0 Å². The van der Waals surface area contributed by atoms with Gasteiger partial charge in [0.15, 0.2) is 5.78 Å². The second kappa shape index (κ2) is 4.47. The Morgan fingerprint density at radius 2 is 2.13 bits per heavy atom. The zero-order valence-corrected chi connectivity index (χ0v) is 9.45. The summed E-state index contributed by atoms with van der Waals surface area (Å²) >= 11 is 0. The van der Waals surface area contributed by atoms with Gasteiger partial charge in [0, 0.05) is 19.5 Å². The Morgan fingerprint density at radius 1 is 1.47 bits per heavy atom. The third kappa shape index (κ3) is 4.14. The van der Waals surface area contributed by atoms with E-state index in [-0.39, 0.29) is 11.9 Å². The molecule has 1 aliphatic rings. The summed E-state index contributed by atoms with van der Waals surface area (Å²) in [6.07, 6.45) is 3.22. The van der Waals surface area contributed by atoms with Gasteiger partial charge in [-0.3, -0.25) is 4.79 Å². The molecule has 0 bridgehead atoms. The maximum atomic E-state index is 11.6. The molecule has 0 saturated carbocycles. The molecule has 0 aromatic heterocycles. The minimum atomic E-state index is -0.489. The van der Waals surface area contributed by atoms with E-state index in [1.807, 2.05) is 20.8 Å². The fourth-order valence-corrected chi connectivity index (χ4v) is 1.22. The maximum absolute atomic E-state index is 11.6. The van der Waals surface area contributed by atoms with Crippen LogP contribution in [-0.2, 0) is 9.53 Å². The van der Waals surface area contributed by atoms with Gasteiger partial charge >= 0.3 is 6.09 Å². The predicted molar refractivity (Wildman–Crippen MR) is 56.6 cm³/mol. The van der Waals surface area contributed by atoms with Crippen LogP contribution in [0.2, 0.25) is 0 Å². The first kappa shape index (κ1) is 11.8. The molecule has 0 aromatic rings. The molecule has 0 aliphatic carbocycles. The molecule has 1 heterocycles. The first-order valence-corrected chi connectivity index (χ1v) is 5.06. The molecular weight excluding hydrogens is 194 g/mol. The molecular formula is C11H17NO3. The largest absolute Gasteiger partial charge is 0.444 e. The number of nitrogens with zero attached hydrogens (tertiary/aromatic N) is 1. The second-order valence-electron chi connectivity index (χ2n) is 4.55. The monoisotopic (exact) mass is 211 g/mol. The third-order valence-electron chi connectivity index (χ3n) is 1.91. The van der Waals surface area contributed by atoms with Crippen LogP contribution in [0.25, 0.3) is 0 Å². The first-order valence-electron chi connectivity index (χ1n) is 5.06. The van der Waals surface area contributed by atoms with Crippen molar-refractivity contribution in [3.05, 3.63) is 12.2 Å². The normalized spacial score (nSPS) is 17.5. The van der Waals surface area contributed by atoms with E-state index in [0.717, 1.165) is 0 Å². The topological polar surface area (TPSA) is 46.6 Å². The van der Waals surface area contributed by atoms with Crippen LogP contribution < -0.4 is 0 Å². The van der Waals surface area contributed by atoms with Crippen LogP contribution in [0.4, 0.5) is 4.79 Å². The Balaban J connectivity index is 2.54. The summed E-state index contributed by atoms with van der Waals surface area (Å²) in [4.78, 5) is 24.2. The number of hydrogen-bond acceptors (Lipinski definition) is 3. The summed E-state index contributed by atoms with van der Waals surface area (Å²) in [7, 11) is 0. The molecule has 84 valence electrons. The number of ketones is 1. The Morgan fingerprint density at radius 3 is 2.73 bits per heavy atom. The zero-order chi connectivity index (χ0) is 11.5. The molecule has 0 fully saturated rings. The standard InChI is InChI=1S/C11H17NO3/c1-11(2,3)15-10(14)12-7-4-5-9(13)6-8-12/h4-5H,6-8H2,1-3H3. The maximum Gasteiger partial charge on any atom is 0.410 e. The van der Waals surface area contributed by atoms with Crippen molar-refractivity contribution in [2.75, 3.05) is 13.1 Å². The van der Waals surface area contributed by atoms with Gasteiger partial charge in [-0.15, -0.1) is 0 Å². The van der Waals surface area contributed by atoms with Crippen molar-refractivity contribution in [1.29, 1.82) is 0 Å². The van der Waals surface area contributed by atoms with Crippen LogP contribution in [-0.4, -0.2) is 35.5 Å². The van der Waals surface area contributed by atoms with Crippen LogP contribution in [0, 0.1) is 0 Å². The minimum Gasteiger partial charge on any atom is -0.444 e. The minimum absolute atomic E-state index is 0.0565. The number of allylic oxidation sites excluding steroid dienone is 1. The molecule has 1 rings (SSSR count). The van der Waals surface area contributed by atoms with Crippen molar-refractivity contribution in [3.8, 4) is 0 Å². The molecule has 0 spiro atoms. The van der Waals surface area contributed by atoms with E-state index in [0.29, 0.717) is 19.5 Å². The lowest BCUT2D eigenvalue weighted by Gasteiger charge is -2.25. The van der Waals surface area contributed by atoms with Gasteiger partial charge in [-0.2, -0.15) is 0 Å². The van der Waals surface area contributed by atoms with Gasteiger partial charge in [0.2, 0.25) is 0 Å². The van der Waals surface area contributed by atoms with Crippen molar-refractivity contribution in [1.82, 2.24) is 4.90 Å². The molecule has 0 N–H and O–H groups in total. The van der Waals surface area contributed by atoms with E-state index in [9.17, 15) is 9.59 Å². The molecule has 0 saturated heterocycles. The van der Waals surface area contributed by atoms with Crippen molar-refractivity contribution in [2.45, 2.75) is 32.8 Å². The Labute approximate surface area is 89.9 Å². The van der Waals surface area contributed by atoms with E-state index >= 15 is 0 Å². The quantitative estimate of drug-likeness (QED) is 0.613. The average molecular weight is 211 g/mol. The SMILES string of the molecule is CC(C)(C)OC(=O)N1CC=CC(=O)CC1. The highest BCUT2D eigenvalue weighted by Gasteiger charge is 2.22. The van der Waals surface area contributed by atoms with Crippen LogP contribution in [0.15, 0.2) is 12.2 Å². The molecule has 15 heavy (non-hydrogen) atoms. The van der Waals surface area contributed by atoms with Gasteiger partial charge in [-0.1, -0.05) is 6.08 Å². The van der Waals surface area contributed by atoms with Crippen molar-refractivity contribution in [3.63, 3.8) is 0 Å². The summed E-state index contributed by atoms with van der Waals surface area (Å²) in [5.74, 6) is 0.0565. The third-order valence-corrected chi connectivity index (χ3v) is 1.91. The Kier molecular flexibility index (Phi) is 3.50. The molecule has 1 aliphatic heterocycles. The van der Waals surface area contributed by atoms with Crippen molar-refractivity contribution >= 4 is 11.9 Å². The molecule has 0 atom stereocenters. The van der Waals surface area contributed by atoms with E-state index in [1.54, 1.807) is 6.08 Å². The fourth-order valence-electron chi connectivity index (χ4n) is 1.22. The fraction of sp³-hybridized carbons (Fsp3) is 0.636. The lowest BCUT2D eigenvalue weighted by atomic mass is 10.2. The second-order valence-corrected chi connectivity index (χ2v) is 4.55. The lowest BCUT2D eigenvalue weighted by Crippen LogP contribution is -2.37. The molecule has 1 amide bonds. The van der Waals surface area contributed by atoms with Gasteiger partial charge in [-0.05, 0) is 26.8 Å². The molecule has 0 aromatic carbocycles. The number of amides is 1. The molecule has 4 heteroatoms. The molecule has 0 unspecified atom stereocenters. The van der Waals surface area contributed by atoms with Crippen molar-refractivity contribution in [2.24, 2.45) is 0 Å². The molecule has 4 nitrogen and oxygen atoms in total. The van der Waals surface area contributed by atoms with E-state index in [4.69, 9.17) is 4.74 Å². The van der Waals surface area contributed by atoms with E-state index < -0.39 is 5.60 Å². The van der Waals surface area contributed by atoms with Crippen LogP contribution in [0.1, 0.15) is 27.2 Å². The summed E-state index contributed by atoms with van der Waals surface area (Å²) in [6.45, 7) is 6.35.